The topological polar surface area (TPSA) is 73.2 Å². The van der Waals surface area contributed by atoms with Gasteiger partial charge in [-0.3, -0.25) is 0 Å². The molecule has 1 aliphatic carbocycles. The molecule has 5 rings (SSSR count). The van der Waals surface area contributed by atoms with E-state index in [2.05, 4.69) is 20.7 Å². The van der Waals surface area contributed by atoms with Crippen LogP contribution in [0.1, 0.15) is 36.6 Å². The van der Waals surface area contributed by atoms with Crippen LogP contribution in [0.3, 0.4) is 0 Å². The standard InChI is InChI=1S/C19H22F3N5O2/c1-10-17-18(27(26-10)12-3-2-4-12)25-16-5-14(13(6-23-16)19(20,21)22)24-15-9-28-7-11(15)8-29-17/h5-6,11-12,15,24H,2-4,7-9H2,1H3,(H,23,25)/t11-,15+/m0/s1. The van der Waals surface area contributed by atoms with E-state index in [4.69, 9.17) is 9.47 Å². The number of hydrogen-bond acceptors (Lipinski definition) is 6. The number of alkyl halides is 3. The zero-order valence-corrected chi connectivity index (χ0v) is 15.9. The average Bonchev–Trinajstić information content (AvgIpc) is 3.15. The number of ether oxygens (including phenoxy) is 2. The Bertz CT molecular complexity index is 925. The minimum atomic E-state index is -4.51. The Morgan fingerprint density at radius 2 is 2.03 bits per heavy atom. The third kappa shape index (κ3) is 3.29. The Labute approximate surface area is 165 Å². The summed E-state index contributed by atoms with van der Waals surface area (Å²) in [5, 5.41) is 10.8. The first kappa shape index (κ1) is 18.5. The number of aryl methyl sites for hydroxylation is 1. The maximum absolute atomic E-state index is 13.5. The lowest BCUT2D eigenvalue weighted by molar-refractivity contribution is -0.137. The summed E-state index contributed by atoms with van der Waals surface area (Å²) in [6, 6.07) is 1.38. The Kier molecular flexibility index (Phi) is 4.34. The number of rotatable bonds is 1. The Morgan fingerprint density at radius 3 is 2.76 bits per heavy atom. The molecule has 156 valence electrons. The molecule has 2 bridgehead atoms. The molecule has 3 aliphatic rings. The third-order valence-electron chi connectivity index (χ3n) is 5.89. The molecule has 0 spiro atoms. The summed E-state index contributed by atoms with van der Waals surface area (Å²) in [5.41, 5.74) is -0.0580. The SMILES string of the molecule is Cc1nn(C2CCC2)c2c1OC[C@@H]1COC[C@H]1Nc1cc(ncc1C(F)(F)F)N2. The molecule has 10 heteroatoms. The van der Waals surface area contributed by atoms with Gasteiger partial charge < -0.3 is 20.1 Å². The van der Waals surface area contributed by atoms with Crippen LogP contribution >= 0.6 is 0 Å². The first-order chi connectivity index (χ1) is 13.9. The van der Waals surface area contributed by atoms with Gasteiger partial charge >= 0.3 is 6.18 Å². The summed E-state index contributed by atoms with van der Waals surface area (Å²) in [6.45, 7) is 2.95. The predicted octanol–water partition coefficient (Wildman–Crippen LogP) is 3.89. The number of nitrogens with zero attached hydrogens (tertiary/aromatic N) is 3. The molecule has 0 amide bonds. The van der Waals surface area contributed by atoms with E-state index in [-0.39, 0.29) is 23.7 Å². The molecule has 2 N–H and O–H groups in total. The lowest BCUT2D eigenvalue weighted by Crippen LogP contribution is -2.32. The van der Waals surface area contributed by atoms with Gasteiger partial charge in [-0.1, -0.05) is 0 Å². The Hall–Kier alpha value is -2.49. The van der Waals surface area contributed by atoms with Crippen LogP contribution in [0.2, 0.25) is 0 Å². The van der Waals surface area contributed by atoms with Crippen LogP contribution in [0.5, 0.6) is 5.75 Å². The van der Waals surface area contributed by atoms with Crippen LogP contribution in [0.15, 0.2) is 12.3 Å². The molecule has 29 heavy (non-hydrogen) atoms. The largest absolute Gasteiger partial charge is 0.487 e. The van der Waals surface area contributed by atoms with Crippen LogP contribution in [0, 0.1) is 12.8 Å². The van der Waals surface area contributed by atoms with Crippen molar-refractivity contribution in [3.63, 3.8) is 0 Å². The molecule has 2 aromatic rings. The molecule has 2 aliphatic heterocycles. The van der Waals surface area contributed by atoms with E-state index in [0.717, 1.165) is 31.2 Å². The lowest BCUT2D eigenvalue weighted by Gasteiger charge is -2.27. The first-order valence-electron chi connectivity index (χ1n) is 9.80. The summed E-state index contributed by atoms with van der Waals surface area (Å²) in [6.07, 6.45) is -0.477. The summed E-state index contributed by atoms with van der Waals surface area (Å²) >= 11 is 0. The van der Waals surface area contributed by atoms with E-state index in [0.29, 0.717) is 37.2 Å². The molecule has 0 aromatic carbocycles. The van der Waals surface area contributed by atoms with Crippen molar-refractivity contribution in [2.75, 3.05) is 30.5 Å². The molecule has 0 radical (unpaired) electrons. The highest BCUT2D eigenvalue weighted by molar-refractivity contribution is 5.67. The molecule has 7 nitrogen and oxygen atoms in total. The molecule has 2 atom stereocenters. The van der Waals surface area contributed by atoms with Gasteiger partial charge in [0.1, 0.15) is 11.5 Å². The second kappa shape index (κ2) is 6.79. The number of halogens is 3. The predicted molar refractivity (Wildman–Crippen MR) is 99.6 cm³/mol. The average molecular weight is 409 g/mol. The van der Waals surface area contributed by atoms with Crippen molar-refractivity contribution < 1.29 is 22.6 Å². The molecular weight excluding hydrogens is 387 g/mol. The van der Waals surface area contributed by atoms with Gasteiger partial charge in [-0.15, -0.1) is 0 Å². The summed E-state index contributed by atoms with van der Waals surface area (Å²) in [7, 11) is 0. The van der Waals surface area contributed by atoms with Gasteiger partial charge in [0.2, 0.25) is 0 Å². The second-order valence-electron chi connectivity index (χ2n) is 7.89. The number of hydrogen-bond donors (Lipinski definition) is 2. The smallest absolute Gasteiger partial charge is 0.419 e. The third-order valence-corrected chi connectivity index (χ3v) is 5.89. The van der Waals surface area contributed by atoms with Gasteiger partial charge in [0, 0.05) is 18.2 Å². The van der Waals surface area contributed by atoms with E-state index in [1.165, 1.54) is 6.07 Å². The fraction of sp³-hybridized carbons (Fsp3) is 0.579. The maximum Gasteiger partial charge on any atom is 0.419 e. The van der Waals surface area contributed by atoms with Gasteiger partial charge in [-0.05, 0) is 26.2 Å². The van der Waals surface area contributed by atoms with Gasteiger partial charge in [-0.25, -0.2) is 9.67 Å². The van der Waals surface area contributed by atoms with E-state index < -0.39 is 11.7 Å². The monoisotopic (exact) mass is 409 g/mol. The van der Waals surface area contributed by atoms with E-state index >= 15 is 0 Å². The fourth-order valence-electron chi connectivity index (χ4n) is 4.02. The van der Waals surface area contributed by atoms with Gasteiger partial charge in [0.25, 0.3) is 0 Å². The highest BCUT2D eigenvalue weighted by Gasteiger charge is 2.38. The fourth-order valence-corrected chi connectivity index (χ4v) is 4.02. The van der Waals surface area contributed by atoms with E-state index in [1.807, 2.05) is 11.6 Å². The molecule has 0 unspecified atom stereocenters. The molecule has 1 saturated heterocycles. The van der Waals surface area contributed by atoms with Crippen molar-refractivity contribution in [1.82, 2.24) is 14.8 Å². The number of aromatic nitrogens is 3. The van der Waals surface area contributed by atoms with Crippen molar-refractivity contribution in [2.24, 2.45) is 5.92 Å². The molecule has 2 fully saturated rings. The lowest BCUT2D eigenvalue weighted by atomic mass is 9.93. The van der Waals surface area contributed by atoms with Crippen LogP contribution in [-0.4, -0.2) is 40.6 Å². The van der Waals surface area contributed by atoms with Crippen molar-refractivity contribution in [3.05, 3.63) is 23.5 Å². The normalized spacial score (nSPS) is 24.3. The van der Waals surface area contributed by atoms with Crippen molar-refractivity contribution in [2.45, 2.75) is 44.4 Å². The minimum Gasteiger partial charge on any atom is -0.487 e. The van der Waals surface area contributed by atoms with Crippen LogP contribution < -0.4 is 15.4 Å². The summed E-state index contributed by atoms with van der Waals surface area (Å²) in [4.78, 5) is 4.02. The highest BCUT2D eigenvalue weighted by atomic mass is 19.4. The zero-order valence-electron chi connectivity index (χ0n) is 15.9. The van der Waals surface area contributed by atoms with Gasteiger partial charge in [0.05, 0.1) is 43.2 Å². The van der Waals surface area contributed by atoms with E-state index in [1.54, 1.807) is 0 Å². The van der Waals surface area contributed by atoms with Gasteiger partial charge in [0.15, 0.2) is 11.6 Å². The maximum atomic E-state index is 13.5. The first-order valence-corrected chi connectivity index (χ1v) is 9.80. The molecule has 1 saturated carbocycles. The summed E-state index contributed by atoms with van der Waals surface area (Å²) < 4.78 is 54.1. The number of nitrogens with one attached hydrogen (secondary N) is 2. The number of anilines is 3. The second-order valence-corrected chi connectivity index (χ2v) is 7.89. The Morgan fingerprint density at radius 1 is 1.21 bits per heavy atom. The Balaban J connectivity index is 1.61. The van der Waals surface area contributed by atoms with Crippen molar-refractivity contribution in [3.8, 4) is 5.75 Å². The number of pyridine rings is 1. The van der Waals surface area contributed by atoms with Crippen molar-refractivity contribution >= 4 is 17.3 Å². The quantitative estimate of drug-likeness (QED) is 0.745. The zero-order chi connectivity index (χ0) is 20.2. The highest BCUT2D eigenvalue weighted by Crippen LogP contribution is 2.42. The summed E-state index contributed by atoms with van der Waals surface area (Å²) in [5.74, 6) is 1.49. The van der Waals surface area contributed by atoms with Crippen LogP contribution in [-0.2, 0) is 10.9 Å². The van der Waals surface area contributed by atoms with Crippen molar-refractivity contribution in [1.29, 1.82) is 0 Å². The molecular formula is C19H22F3N5O2. The van der Waals surface area contributed by atoms with E-state index in [9.17, 15) is 13.2 Å². The molecule has 2 aromatic heterocycles. The van der Waals surface area contributed by atoms with Crippen LogP contribution in [0.4, 0.5) is 30.5 Å². The molecule has 4 heterocycles. The van der Waals surface area contributed by atoms with Crippen LogP contribution in [0.25, 0.3) is 0 Å². The van der Waals surface area contributed by atoms with Gasteiger partial charge in [-0.2, -0.15) is 18.3 Å². The number of fused-ring (bicyclic) bond motifs is 4. The minimum absolute atomic E-state index is 0.00891.